The maximum atomic E-state index is 5.78. The van der Waals surface area contributed by atoms with Crippen LogP contribution in [0.15, 0.2) is 30.3 Å². The van der Waals surface area contributed by atoms with Crippen LogP contribution in [0.25, 0.3) is 0 Å². The van der Waals surface area contributed by atoms with E-state index in [0.717, 1.165) is 19.4 Å². The first-order chi connectivity index (χ1) is 8.36. The van der Waals surface area contributed by atoms with Gasteiger partial charge in [-0.3, -0.25) is 0 Å². The van der Waals surface area contributed by atoms with Gasteiger partial charge in [-0.1, -0.05) is 30.3 Å². The van der Waals surface area contributed by atoms with Crippen molar-refractivity contribution in [1.29, 1.82) is 0 Å². The van der Waals surface area contributed by atoms with E-state index in [1.807, 2.05) is 6.07 Å². The summed E-state index contributed by atoms with van der Waals surface area (Å²) in [7, 11) is 1.68. The molecule has 0 aliphatic rings. The molecule has 1 atom stereocenters. The molecule has 0 heterocycles. The molecule has 0 aliphatic heterocycles. The lowest BCUT2D eigenvalue weighted by atomic mass is 9.97. The Kier molecular flexibility index (Phi) is 7.63. The molecule has 96 valence electrons. The molecule has 1 aromatic rings. The second kappa shape index (κ2) is 9.16. The minimum Gasteiger partial charge on any atom is -0.382 e. The van der Waals surface area contributed by atoms with E-state index in [1.165, 1.54) is 5.56 Å². The molecule has 0 saturated carbocycles. The number of methoxy groups -OCH3 is 1. The van der Waals surface area contributed by atoms with E-state index in [0.29, 0.717) is 25.7 Å². The lowest BCUT2D eigenvalue weighted by Gasteiger charge is -2.14. The number of hydrogen-bond acceptors (Lipinski definition) is 3. The van der Waals surface area contributed by atoms with Crippen molar-refractivity contribution < 1.29 is 9.47 Å². The van der Waals surface area contributed by atoms with Crippen LogP contribution in [0, 0.1) is 5.92 Å². The van der Waals surface area contributed by atoms with Crippen molar-refractivity contribution in [2.45, 2.75) is 12.8 Å². The standard InChI is InChI=1S/C14H23NO2/c1-16-9-10-17-8-7-14(12-15)11-13-5-3-2-4-6-13/h2-6,14H,7-12,15H2,1H3. The molecule has 1 aromatic carbocycles. The van der Waals surface area contributed by atoms with Crippen LogP contribution in [0.4, 0.5) is 0 Å². The van der Waals surface area contributed by atoms with Crippen molar-refractivity contribution in [1.82, 2.24) is 0 Å². The summed E-state index contributed by atoms with van der Waals surface area (Å²) in [5.41, 5.74) is 7.13. The van der Waals surface area contributed by atoms with Gasteiger partial charge >= 0.3 is 0 Å². The molecule has 17 heavy (non-hydrogen) atoms. The average Bonchev–Trinajstić information content (AvgIpc) is 2.38. The topological polar surface area (TPSA) is 44.5 Å². The number of ether oxygens (including phenoxy) is 2. The number of hydrogen-bond donors (Lipinski definition) is 1. The van der Waals surface area contributed by atoms with E-state index in [2.05, 4.69) is 24.3 Å². The Morgan fingerprint density at radius 3 is 2.53 bits per heavy atom. The highest BCUT2D eigenvalue weighted by molar-refractivity contribution is 5.15. The van der Waals surface area contributed by atoms with Crippen molar-refractivity contribution in [2.75, 3.05) is 33.5 Å². The normalized spacial score (nSPS) is 12.6. The summed E-state index contributed by atoms with van der Waals surface area (Å²) in [5, 5.41) is 0. The third kappa shape index (κ3) is 6.41. The first kappa shape index (κ1) is 14.2. The molecular weight excluding hydrogens is 214 g/mol. The van der Waals surface area contributed by atoms with E-state index in [-0.39, 0.29) is 0 Å². The minimum atomic E-state index is 0.500. The summed E-state index contributed by atoms with van der Waals surface area (Å²) in [4.78, 5) is 0. The maximum absolute atomic E-state index is 5.78. The van der Waals surface area contributed by atoms with E-state index in [1.54, 1.807) is 7.11 Å². The molecule has 2 N–H and O–H groups in total. The molecule has 0 radical (unpaired) electrons. The Labute approximate surface area is 104 Å². The largest absolute Gasteiger partial charge is 0.382 e. The number of nitrogens with two attached hydrogens (primary N) is 1. The molecule has 0 spiro atoms. The van der Waals surface area contributed by atoms with Crippen LogP contribution in [0.1, 0.15) is 12.0 Å². The van der Waals surface area contributed by atoms with Crippen molar-refractivity contribution >= 4 is 0 Å². The van der Waals surface area contributed by atoms with Gasteiger partial charge in [-0.25, -0.2) is 0 Å². The Morgan fingerprint density at radius 1 is 1.12 bits per heavy atom. The van der Waals surface area contributed by atoms with Gasteiger partial charge in [-0.05, 0) is 30.9 Å². The highest BCUT2D eigenvalue weighted by atomic mass is 16.5. The van der Waals surface area contributed by atoms with Crippen molar-refractivity contribution in [3.63, 3.8) is 0 Å². The first-order valence-corrected chi connectivity index (χ1v) is 6.17. The third-order valence-corrected chi connectivity index (χ3v) is 2.80. The van der Waals surface area contributed by atoms with Crippen molar-refractivity contribution in [3.8, 4) is 0 Å². The van der Waals surface area contributed by atoms with Gasteiger partial charge in [-0.2, -0.15) is 0 Å². The number of rotatable bonds is 9. The van der Waals surface area contributed by atoms with E-state index in [9.17, 15) is 0 Å². The summed E-state index contributed by atoms with van der Waals surface area (Å²) in [5.74, 6) is 0.500. The van der Waals surface area contributed by atoms with Gasteiger partial charge in [0.15, 0.2) is 0 Å². The molecule has 0 bridgehead atoms. The van der Waals surface area contributed by atoms with Gasteiger partial charge in [0.2, 0.25) is 0 Å². The fourth-order valence-electron chi connectivity index (χ4n) is 1.74. The van der Waals surface area contributed by atoms with E-state index < -0.39 is 0 Å². The highest BCUT2D eigenvalue weighted by Crippen LogP contribution is 2.11. The molecule has 1 rings (SSSR count). The maximum Gasteiger partial charge on any atom is 0.0700 e. The fraction of sp³-hybridized carbons (Fsp3) is 0.571. The summed E-state index contributed by atoms with van der Waals surface area (Å²) in [6.45, 7) is 2.80. The Morgan fingerprint density at radius 2 is 1.88 bits per heavy atom. The van der Waals surface area contributed by atoms with Gasteiger partial charge in [0, 0.05) is 13.7 Å². The van der Waals surface area contributed by atoms with Crippen molar-refractivity contribution in [2.24, 2.45) is 11.7 Å². The Balaban J connectivity index is 2.20. The first-order valence-electron chi connectivity index (χ1n) is 6.17. The van der Waals surface area contributed by atoms with Crippen LogP contribution >= 0.6 is 0 Å². The summed E-state index contributed by atoms with van der Waals surface area (Å²) >= 11 is 0. The van der Waals surface area contributed by atoms with Crippen LogP contribution in [-0.2, 0) is 15.9 Å². The predicted molar refractivity (Wildman–Crippen MR) is 70.0 cm³/mol. The molecular formula is C14H23NO2. The van der Waals surface area contributed by atoms with Gasteiger partial charge in [0.25, 0.3) is 0 Å². The molecule has 0 aliphatic carbocycles. The molecule has 0 fully saturated rings. The predicted octanol–water partition coefficient (Wildman–Crippen LogP) is 1.86. The average molecular weight is 237 g/mol. The molecule has 0 amide bonds. The highest BCUT2D eigenvalue weighted by Gasteiger charge is 2.07. The van der Waals surface area contributed by atoms with Gasteiger partial charge in [-0.15, -0.1) is 0 Å². The lowest BCUT2D eigenvalue weighted by Crippen LogP contribution is -2.19. The van der Waals surface area contributed by atoms with Crippen LogP contribution in [0.2, 0.25) is 0 Å². The van der Waals surface area contributed by atoms with Gasteiger partial charge in [0.05, 0.1) is 13.2 Å². The minimum absolute atomic E-state index is 0.500. The Bertz CT molecular complexity index is 277. The zero-order valence-electron chi connectivity index (χ0n) is 10.6. The second-order valence-electron chi connectivity index (χ2n) is 4.19. The van der Waals surface area contributed by atoms with E-state index >= 15 is 0 Å². The van der Waals surface area contributed by atoms with Crippen LogP contribution < -0.4 is 5.73 Å². The Hall–Kier alpha value is -0.900. The number of benzene rings is 1. The second-order valence-corrected chi connectivity index (χ2v) is 4.19. The van der Waals surface area contributed by atoms with E-state index in [4.69, 9.17) is 15.2 Å². The fourth-order valence-corrected chi connectivity index (χ4v) is 1.74. The summed E-state index contributed by atoms with van der Waals surface area (Å²) < 4.78 is 10.4. The third-order valence-electron chi connectivity index (χ3n) is 2.80. The zero-order valence-corrected chi connectivity index (χ0v) is 10.6. The van der Waals surface area contributed by atoms with Gasteiger partial charge in [0.1, 0.15) is 0 Å². The van der Waals surface area contributed by atoms with Gasteiger partial charge < -0.3 is 15.2 Å². The molecule has 3 nitrogen and oxygen atoms in total. The van der Waals surface area contributed by atoms with Crippen LogP contribution in [-0.4, -0.2) is 33.5 Å². The molecule has 0 aromatic heterocycles. The monoisotopic (exact) mass is 237 g/mol. The smallest absolute Gasteiger partial charge is 0.0700 e. The zero-order chi connectivity index (χ0) is 12.3. The van der Waals surface area contributed by atoms with Crippen LogP contribution in [0.5, 0.6) is 0 Å². The summed E-state index contributed by atoms with van der Waals surface area (Å²) in [6.07, 6.45) is 2.04. The lowest BCUT2D eigenvalue weighted by molar-refractivity contribution is 0.0641. The summed E-state index contributed by atoms with van der Waals surface area (Å²) in [6, 6.07) is 10.5. The SMILES string of the molecule is COCCOCCC(CN)Cc1ccccc1. The quantitative estimate of drug-likeness (QED) is 0.667. The molecule has 1 unspecified atom stereocenters. The van der Waals surface area contributed by atoms with Crippen molar-refractivity contribution in [3.05, 3.63) is 35.9 Å². The molecule has 3 heteroatoms. The van der Waals surface area contributed by atoms with Crippen LogP contribution in [0.3, 0.4) is 0 Å². The molecule has 0 saturated heterocycles.